The van der Waals surface area contributed by atoms with Crippen molar-refractivity contribution >= 4 is 44.8 Å². The number of benzene rings is 3. The minimum Gasteiger partial charge on any atom is -0.493 e. The van der Waals surface area contributed by atoms with Gasteiger partial charge in [0.05, 0.1) is 37.4 Å². The second-order valence-electron chi connectivity index (χ2n) is 9.16. The molecule has 9 nitrogen and oxygen atoms in total. The van der Waals surface area contributed by atoms with Crippen LogP contribution < -0.4 is 24.4 Å². The van der Waals surface area contributed by atoms with Crippen LogP contribution in [0, 0.1) is 6.92 Å². The standard InChI is InChI=1S/C29H34ClN3O6S/c1-20-11-13-22(30)19-25(20)33(40(4,36)37)17-7-10-28(34)32-24-9-6-5-8-23(24)29(35)31-16-15-21-12-14-26(38-2)27(18-21)39-3/h5-6,8-9,11-14,18-19H,7,10,15-17H2,1-4H3,(H,31,35)(H,32,34). The number of anilines is 2. The molecule has 0 atom stereocenters. The maximum Gasteiger partial charge on any atom is 0.253 e. The van der Waals surface area contributed by atoms with E-state index in [1.807, 2.05) is 18.2 Å². The summed E-state index contributed by atoms with van der Waals surface area (Å²) in [6.07, 6.45) is 2.02. The molecule has 0 unspecified atom stereocenters. The minimum atomic E-state index is -3.59. The SMILES string of the molecule is COc1ccc(CCNC(=O)c2ccccc2NC(=O)CCCN(c2cc(Cl)ccc2C)S(C)(=O)=O)cc1OC. The number of halogens is 1. The van der Waals surface area contributed by atoms with Crippen LogP contribution >= 0.6 is 11.6 Å². The zero-order valence-corrected chi connectivity index (χ0v) is 24.6. The molecule has 0 aliphatic rings. The van der Waals surface area contributed by atoms with Crippen LogP contribution in [0.4, 0.5) is 11.4 Å². The molecule has 11 heteroatoms. The highest BCUT2D eigenvalue weighted by atomic mass is 35.5. The summed E-state index contributed by atoms with van der Waals surface area (Å²) in [7, 11) is -0.456. The fraction of sp³-hybridized carbons (Fsp3) is 0.310. The van der Waals surface area contributed by atoms with Crippen molar-refractivity contribution in [3.63, 3.8) is 0 Å². The van der Waals surface area contributed by atoms with Crippen molar-refractivity contribution in [3.8, 4) is 11.5 Å². The zero-order valence-electron chi connectivity index (χ0n) is 23.0. The Balaban J connectivity index is 1.58. The number of ether oxygens (including phenoxy) is 2. The van der Waals surface area contributed by atoms with E-state index in [1.165, 1.54) is 4.31 Å². The Morgan fingerprint density at radius 2 is 1.70 bits per heavy atom. The predicted octanol–water partition coefficient (Wildman–Crippen LogP) is 4.82. The van der Waals surface area contributed by atoms with Crippen LogP contribution in [-0.4, -0.2) is 53.8 Å². The topological polar surface area (TPSA) is 114 Å². The van der Waals surface area contributed by atoms with Gasteiger partial charge in [0.2, 0.25) is 15.9 Å². The molecule has 0 aliphatic heterocycles. The van der Waals surface area contributed by atoms with Crippen LogP contribution in [0.15, 0.2) is 60.7 Å². The van der Waals surface area contributed by atoms with Crippen molar-refractivity contribution in [3.05, 3.63) is 82.4 Å². The molecule has 0 heterocycles. The summed E-state index contributed by atoms with van der Waals surface area (Å²) >= 11 is 6.08. The minimum absolute atomic E-state index is 0.0564. The van der Waals surface area contributed by atoms with Crippen LogP contribution in [0.2, 0.25) is 5.02 Å². The molecule has 0 saturated carbocycles. The first-order valence-electron chi connectivity index (χ1n) is 12.7. The lowest BCUT2D eigenvalue weighted by Crippen LogP contribution is -2.32. The molecular formula is C29H34ClN3O6S. The highest BCUT2D eigenvalue weighted by Gasteiger charge is 2.20. The van der Waals surface area contributed by atoms with Crippen LogP contribution in [0.1, 0.15) is 34.3 Å². The average Bonchev–Trinajstić information content (AvgIpc) is 2.92. The van der Waals surface area contributed by atoms with E-state index in [4.69, 9.17) is 21.1 Å². The first kappa shape index (κ1) is 30.8. The van der Waals surface area contributed by atoms with Crippen LogP contribution in [0.5, 0.6) is 11.5 Å². The van der Waals surface area contributed by atoms with E-state index in [9.17, 15) is 18.0 Å². The Morgan fingerprint density at radius 3 is 2.40 bits per heavy atom. The number of hydrogen-bond donors (Lipinski definition) is 2. The summed E-state index contributed by atoms with van der Waals surface area (Å²) in [5, 5.41) is 6.09. The number of methoxy groups -OCH3 is 2. The number of rotatable bonds is 13. The molecule has 2 N–H and O–H groups in total. The lowest BCUT2D eigenvalue weighted by Gasteiger charge is -2.24. The van der Waals surface area contributed by atoms with Crippen molar-refractivity contribution in [1.29, 1.82) is 0 Å². The molecule has 2 amide bonds. The summed E-state index contributed by atoms with van der Waals surface area (Å²) in [4.78, 5) is 25.6. The number of hydrogen-bond acceptors (Lipinski definition) is 6. The Labute approximate surface area is 240 Å². The van der Waals surface area contributed by atoms with Gasteiger partial charge < -0.3 is 20.1 Å². The average molecular weight is 588 g/mol. The fourth-order valence-electron chi connectivity index (χ4n) is 4.15. The van der Waals surface area contributed by atoms with Gasteiger partial charge in [0.15, 0.2) is 11.5 Å². The molecule has 0 spiro atoms. The fourth-order valence-corrected chi connectivity index (χ4v) is 5.34. The van der Waals surface area contributed by atoms with Gasteiger partial charge in [-0.2, -0.15) is 0 Å². The normalized spacial score (nSPS) is 11.0. The van der Waals surface area contributed by atoms with E-state index in [0.29, 0.717) is 46.4 Å². The summed E-state index contributed by atoms with van der Waals surface area (Å²) in [5.41, 5.74) is 2.91. The number of amides is 2. The van der Waals surface area contributed by atoms with E-state index >= 15 is 0 Å². The zero-order chi connectivity index (χ0) is 29.3. The van der Waals surface area contributed by atoms with Gasteiger partial charge in [0, 0.05) is 24.5 Å². The summed E-state index contributed by atoms with van der Waals surface area (Å²) in [6, 6.07) is 17.3. The maximum atomic E-state index is 12.9. The van der Waals surface area contributed by atoms with Crippen molar-refractivity contribution in [1.82, 2.24) is 5.32 Å². The lowest BCUT2D eigenvalue weighted by molar-refractivity contribution is -0.116. The molecule has 0 fully saturated rings. The Morgan fingerprint density at radius 1 is 0.975 bits per heavy atom. The first-order chi connectivity index (χ1) is 19.0. The second-order valence-corrected chi connectivity index (χ2v) is 11.5. The Bertz CT molecular complexity index is 1460. The molecule has 3 aromatic carbocycles. The van der Waals surface area contributed by atoms with E-state index in [2.05, 4.69) is 10.6 Å². The molecule has 0 bridgehead atoms. The van der Waals surface area contributed by atoms with Crippen LogP contribution in [0.25, 0.3) is 0 Å². The molecule has 3 rings (SSSR count). The van der Waals surface area contributed by atoms with Crippen LogP contribution in [-0.2, 0) is 21.2 Å². The number of nitrogens with one attached hydrogen (secondary N) is 2. The predicted molar refractivity (Wildman–Crippen MR) is 158 cm³/mol. The number of carbonyl (C=O) groups excluding carboxylic acids is 2. The molecule has 0 aromatic heterocycles. The second kappa shape index (κ2) is 14.0. The van der Waals surface area contributed by atoms with E-state index in [0.717, 1.165) is 17.4 Å². The van der Waals surface area contributed by atoms with Gasteiger partial charge >= 0.3 is 0 Å². The molecule has 0 aliphatic carbocycles. The summed E-state index contributed by atoms with van der Waals surface area (Å²) < 4.78 is 36.7. The Hall–Kier alpha value is -3.76. The monoisotopic (exact) mass is 587 g/mol. The third kappa shape index (κ3) is 8.37. The number of sulfonamides is 1. The number of para-hydroxylation sites is 1. The highest BCUT2D eigenvalue weighted by Crippen LogP contribution is 2.28. The first-order valence-corrected chi connectivity index (χ1v) is 14.9. The molecule has 3 aromatic rings. The van der Waals surface area contributed by atoms with Gasteiger partial charge in [-0.05, 0) is 67.3 Å². The maximum absolute atomic E-state index is 12.9. The van der Waals surface area contributed by atoms with E-state index < -0.39 is 10.0 Å². The smallest absolute Gasteiger partial charge is 0.253 e. The van der Waals surface area contributed by atoms with Gasteiger partial charge in [-0.15, -0.1) is 0 Å². The third-order valence-electron chi connectivity index (χ3n) is 6.20. The molecule has 0 saturated heterocycles. The van der Waals surface area contributed by atoms with E-state index in [-0.39, 0.29) is 31.2 Å². The molecule has 40 heavy (non-hydrogen) atoms. The van der Waals surface area contributed by atoms with Crippen molar-refractivity contribution in [2.24, 2.45) is 0 Å². The molecule has 214 valence electrons. The molecule has 0 radical (unpaired) electrons. The number of nitrogens with zero attached hydrogens (tertiary/aromatic N) is 1. The summed E-state index contributed by atoms with van der Waals surface area (Å²) in [5.74, 6) is 0.586. The van der Waals surface area contributed by atoms with Gasteiger partial charge in [0.25, 0.3) is 5.91 Å². The number of aryl methyl sites for hydroxylation is 1. The third-order valence-corrected chi connectivity index (χ3v) is 7.61. The van der Waals surface area contributed by atoms with Gasteiger partial charge in [-0.1, -0.05) is 35.9 Å². The number of carbonyl (C=O) groups is 2. The summed E-state index contributed by atoms with van der Waals surface area (Å²) in [6.45, 7) is 2.28. The van der Waals surface area contributed by atoms with Gasteiger partial charge in [-0.25, -0.2) is 8.42 Å². The Kier molecular flexibility index (Phi) is 10.8. The van der Waals surface area contributed by atoms with Gasteiger partial charge in [0.1, 0.15) is 0 Å². The largest absolute Gasteiger partial charge is 0.493 e. The van der Waals surface area contributed by atoms with Crippen molar-refractivity contribution < 1.29 is 27.5 Å². The highest BCUT2D eigenvalue weighted by molar-refractivity contribution is 7.92. The van der Waals surface area contributed by atoms with Crippen molar-refractivity contribution in [2.75, 3.05) is 43.2 Å². The van der Waals surface area contributed by atoms with Gasteiger partial charge in [-0.3, -0.25) is 13.9 Å². The quantitative estimate of drug-likeness (QED) is 0.296. The lowest BCUT2D eigenvalue weighted by atomic mass is 10.1. The van der Waals surface area contributed by atoms with Crippen LogP contribution in [0.3, 0.4) is 0 Å². The molecular weight excluding hydrogens is 554 g/mol. The van der Waals surface area contributed by atoms with E-state index in [1.54, 1.807) is 63.6 Å². The van der Waals surface area contributed by atoms with Crippen molar-refractivity contribution in [2.45, 2.75) is 26.2 Å².